The van der Waals surface area contributed by atoms with Gasteiger partial charge in [0.1, 0.15) is 24.7 Å². The van der Waals surface area contributed by atoms with E-state index in [1.165, 1.54) is 0 Å². The van der Waals surface area contributed by atoms with Crippen molar-refractivity contribution in [2.75, 3.05) is 26.4 Å². The topological polar surface area (TPSA) is 58.9 Å². The van der Waals surface area contributed by atoms with Crippen molar-refractivity contribution in [1.82, 2.24) is 0 Å². The molecule has 0 aromatic heterocycles. The van der Waals surface area contributed by atoms with E-state index in [1.54, 1.807) is 11.8 Å². The zero-order valence-corrected chi connectivity index (χ0v) is 14.2. The van der Waals surface area contributed by atoms with E-state index in [2.05, 4.69) is 12.1 Å². The van der Waals surface area contributed by atoms with Gasteiger partial charge in [-0.3, -0.25) is 0 Å². The van der Waals surface area contributed by atoms with E-state index < -0.39 is 0 Å². The number of benzene rings is 2. The molecular weight excluding hydrogens is 312 g/mol. The van der Waals surface area contributed by atoms with E-state index in [-0.39, 0.29) is 13.2 Å². The molecule has 0 bridgehead atoms. The molecule has 2 N–H and O–H groups in total. The molecule has 2 aromatic carbocycles. The zero-order chi connectivity index (χ0) is 16.7. The lowest BCUT2D eigenvalue weighted by molar-refractivity contribution is 0.200. The van der Waals surface area contributed by atoms with Gasteiger partial charge in [-0.2, -0.15) is 0 Å². The predicted octanol–water partition coefficient (Wildman–Crippen LogP) is 3.20. The van der Waals surface area contributed by atoms with E-state index >= 15 is 0 Å². The molecule has 0 radical (unpaired) electrons. The Hall–Kier alpha value is -1.69. The van der Waals surface area contributed by atoms with Gasteiger partial charge in [0.15, 0.2) is 0 Å². The summed E-state index contributed by atoms with van der Waals surface area (Å²) in [6.07, 6.45) is 0. The molecule has 4 nitrogen and oxygen atoms in total. The number of hydrogen-bond donors (Lipinski definition) is 2. The summed E-state index contributed by atoms with van der Waals surface area (Å²) in [6, 6.07) is 12.0. The van der Waals surface area contributed by atoms with Crippen molar-refractivity contribution >= 4 is 11.8 Å². The van der Waals surface area contributed by atoms with Gasteiger partial charge in [0.2, 0.25) is 0 Å². The number of aryl methyl sites for hydroxylation is 2. The third-order valence-corrected chi connectivity index (χ3v) is 4.21. The Morgan fingerprint density at radius 3 is 1.57 bits per heavy atom. The molecular formula is C18H22O4S. The van der Waals surface area contributed by atoms with Crippen LogP contribution in [-0.2, 0) is 0 Å². The van der Waals surface area contributed by atoms with Crippen molar-refractivity contribution in [1.29, 1.82) is 0 Å². The van der Waals surface area contributed by atoms with Gasteiger partial charge in [0, 0.05) is 9.79 Å². The summed E-state index contributed by atoms with van der Waals surface area (Å²) >= 11 is 1.67. The fourth-order valence-corrected chi connectivity index (χ4v) is 3.16. The average Bonchev–Trinajstić information content (AvgIpc) is 2.53. The highest BCUT2D eigenvalue weighted by atomic mass is 32.2. The summed E-state index contributed by atoms with van der Waals surface area (Å²) in [6.45, 7) is 4.63. The Kier molecular flexibility index (Phi) is 6.77. The highest BCUT2D eigenvalue weighted by Gasteiger charge is 2.05. The lowest BCUT2D eigenvalue weighted by Gasteiger charge is -2.11. The van der Waals surface area contributed by atoms with Crippen molar-refractivity contribution in [3.8, 4) is 11.5 Å². The van der Waals surface area contributed by atoms with Crippen LogP contribution in [0.3, 0.4) is 0 Å². The first-order valence-corrected chi connectivity index (χ1v) is 8.32. The van der Waals surface area contributed by atoms with Crippen LogP contribution >= 0.6 is 11.8 Å². The molecule has 0 fully saturated rings. The van der Waals surface area contributed by atoms with Gasteiger partial charge in [0.05, 0.1) is 13.2 Å². The van der Waals surface area contributed by atoms with Gasteiger partial charge in [-0.1, -0.05) is 11.8 Å². The predicted molar refractivity (Wildman–Crippen MR) is 91.6 cm³/mol. The van der Waals surface area contributed by atoms with Crippen molar-refractivity contribution in [3.63, 3.8) is 0 Å². The number of ether oxygens (including phenoxy) is 2. The molecule has 23 heavy (non-hydrogen) atoms. The maximum atomic E-state index is 8.82. The van der Waals surface area contributed by atoms with Gasteiger partial charge >= 0.3 is 0 Å². The number of aliphatic hydroxyl groups is 2. The minimum Gasteiger partial charge on any atom is -0.491 e. The summed E-state index contributed by atoms with van der Waals surface area (Å²) in [5.74, 6) is 1.60. The third-order valence-electron chi connectivity index (χ3n) is 3.23. The quantitative estimate of drug-likeness (QED) is 0.776. The average molecular weight is 334 g/mol. The molecule has 2 aromatic rings. The molecule has 2 rings (SSSR count). The van der Waals surface area contributed by atoms with Gasteiger partial charge < -0.3 is 19.7 Å². The largest absolute Gasteiger partial charge is 0.491 e. The summed E-state index contributed by atoms with van der Waals surface area (Å²) in [5, 5.41) is 17.6. The second-order valence-electron chi connectivity index (χ2n) is 5.10. The van der Waals surface area contributed by atoms with Crippen LogP contribution in [0.15, 0.2) is 46.2 Å². The second-order valence-corrected chi connectivity index (χ2v) is 6.25. The number of hydrogen-bond acceptors (Lipinski definition) is 5. The van der Waals surface area contributed by atoms with Gasteiger partial charge in [-0.25, -0.2) is 0 Å². The summed E-state index contributed by atoms with van der Waals surface area (Å²) < 4.78 is 10.9. The smallest absolute Gasteiger partial charge is 0.122 e. The lowest BCUT2D eigenvalue weighted by Crippen LogP contribution is -2.02. The minimum absolute atomic E-state index is 0.0138. The summed E-state index contributed by atoms with van der Waals surface area (Å²) in [4.78, 5) is 2.25. The van der Waals surface area contributed by atoms with Crippen molar-refractivity contribution < 1.29 is 19.7 Å². The van der Waals surface area contributed by atoms with E-state index in [9.17, 15) is 0 Å². The standard InChI is InChI=1S/C18H22O4S/c1-13-11-15(3-5-17(13)21-9-7-19)23-16-4-6-18(14(2)12-16)22-10-8-20/h3-6,11-12,19-20H,7-10H2,1-2H3. The molecule has 0 aliphatic heterocycles. The maximum absolute atomic E-state index is 8.82. The van der Waals surface area contributed by atoms with E-state index in [1.807, 2.05) is 38.1 Å². The lowest BCUT2D eigenvalue weighted by atomic mass is 10.2. The molecule has 0 saturated carbocycles. The molecule has 0 aliphatic rings. The highest BCUT2D eigenvalue weighted by molar-refractivity contribution is 7.99. The summed E-state index contributed by atoms with van der Waals surface area (Å²) in [5.41, 5.74) is 2.09. The van der Waals surface area contributed by atoms with Gasteiger partial charge in [0.25, 0.3) is 0 Å². The highest BCUT2D eigenvalue weighted by Crippen LogP contribution is 2.33. The van der Waals surface area contributed by atoms with Crippen molar-refractivity contribution in [2.24, 2.45) is 0 Å². The fraction of sp³-hybridized carbons (Fsp3) is 0.333. The molecule has 0 heterocycles. The molecule has 0 saturated heterocycles. The van der Waals surface area contributed by atoms with Crippen LogP contribution in [0.25, 0.3) is 0 Å². The molecule has 0 aliphatic carbocycles. The van der Waals surface area contributed by atoms with E-state index in [0.717, 1.165) is 32.4 Å². The van der Waals surface area contributed by atoms with Crippen LogP contribution in [0.4, 0.5) is 0 Å². The van der Waals surface area contributed by atoms with Crippen LogP contribution in [-0.4, -0.2) is 36.6 Å². The molecule has 5 heteroatoms. The van der Waals surface area contributed by atoms with Crippen LogP contribution in [0.2, 0.25) is 0 Å². The first kappa shape index (κ1) is 17.7. The van der Waals surface area contributed by atoms with Crippen LogP contribution in [0.1, 0.15) is 11.1 Å². The monoisotopic (exact) mass is 334 g/mol. The Labute approximate surface area is 141 Å². The van der Waals surface area contributed by atoms with Crippen molar-refractivity contribution in [3.05, 3.63) is 47.5 Å². The molecule has 124 valence electrons. The zero-order valence-electron chi connectivity index (χ0n) is 13.4. The van der Waals surface area contributed by atoms with Crippen molar-refractivity contribution in [2.45, 2.75) is 23.6 Å². The second kappa shape index (κ2) is 8.82. The number of aliphatic hydroxyl groups excluding tert-OH is 2. The van der Waals surface area contributed by atoms with Crippen LogP contribution < -0.4 is 9.47 Å². The Morgan fingerprint density at radius 2 is 1.22 bits per heavy atom. The molecule has 0 spiro atoms. The number of rotatable bonds is 8. The van der Waals surface area contributed by atoms with Crippen LogP contribution in [0, 0.1) is 13.8 Å². The van der Waals surface area contributed by atoms with E-state index in [4.69, 9.17) is 19.7 Å². The third kappa shape index (κ3) is 5.16. The molecule has 0 atom stereocenters. The fourth-order valence-electron chi connectivity index (χ4n) is 2.14. The summed E-state index contributed by atoms with van der Waals surface area (Å²) in [7, 11) is 0. The minimum atomic E-state index is 0.0138. The Morgan fingerprint density at radius 1 is 0.783 bits per heavy atom. The Bertz CT molecular complexity index is 587. The SMILES string of the molecule is Cc1cc(Sc2ccc(OCCO)c(C)c2)ccc1OCCO. The van der Waals surface area contributed by atoms with Crippen LogP contribution in [0.5, 0.6) is 11.5 Å². The molecule has 0 unspecified atom stereocenters. The first-order chi connectivity index (χ1) is 11.1. The first-order valence-electron chi connectivity index (χ1n) is 7.50. The van der Waals surface area contributed by atoms with Gasteiger partial charge in [-0.15, -0.1) is 0 Å². The van der Waals surface area contributed by atoms with Gasteiger partial charge in [-0.05, 0) is 61.4 Å². The molecule has 0 amide bonds. The van der Waals surface area contributed by atoms with E-state index in [0.29, 0.717) is 13.2 Å². The maximum Gasteiger partial charge on any atom is 0.122 e. The Balaban J connectivity index is 2.07. The normalized spacial score (nSPS) is 10.6.